The zero-order chi connectivity index (χ0) is 30.1. The number of carbonyl (C=O) groups excluding carboxylic acids is 2. The van der Waals surface area contributed by atoms with E-state index in [1.165, 1.54) is 0 Å². The second kappa shape index (κ2) is 11.7. The van der Waals surface area contributed by atoms with Gasteiger partial charge in [0.05, 0.1) is 30.2 Å². The number of nitrogens with one attached hydrogen (secondary N) is 1. The molecule has 0 radical (unpaired) electrons. The van der Waals surface area contributed by atoms with Crippen molar-refractivity contribution in [3.63, 3.8) is 0 Å². The van der Waals surface area contributed by atoms with E-state index in [1.807, 2.05) is 66.7 Å². The molecule has 3 aromatic rings. The van der Waals surface area contributed by atoms with E-state index in [0.29, 0.717) is 42.8 Å². The van der Waals surface area contributed by atoms with E-state index in [4.69, 9.17) is 14.5 Å². The summed E-state index contributed by atoms with van der Waals surface area (Å²) in [6, 6.07) is 17.3. The summed E-state index contributed by atoms with van der Waals surface area (Å²) in [6.45, 7) is 0.600. The number of aromatic nitrogens is 1. The lowest BCUT2D eigenvalue weighted by Crippen LogP contribution is -2.49. The van der Waals surface area contributed by atoms with Crippen molar-refractivity contribution in [1.82, 2.24) is 15.2 Å². The summed E-state index contributed by atoms with van der Waals surface area (Å²) >= 11 is 0. The first-order chi connectivity index (χ1) is 20.8. The molecule has 6 rings (SSSR count). The first kappa shape index (κ1) is 28.7. The fourth-order valence-electron chi connectivity index (χ4n) is 6.53. The zero-order valence-corrected chi connectivity index (χ0v) is 24.5. The molecule has 2 fully saturated rings. The standard InChI is InChI=1S/C34H37N3O6/c1-37-15-9-4-3-8-12-22-20-34(22,33(40)41)36-31(38)26-16-24(17-27(26)32(37)39)43-30-19-28(21-10-6-5-7-11-21)35-29-18-23(42-2)13-14-25(29)30/h5-8,10-14,18-19,22,24,26-27H,3-4,9,15-17,20H2,1-2H3,(H,36,38)(H,40,41)/b12-8-/t22-,24-,26-,27-,34-/m1/s1. The highest BCUT2D eigenvalue weighted by molar-refractivity contribution is 5.94. The highest BCUT2D eigenvalue weighted by Gasteiger charge is 2.61. The fraction of sp³-hybridized carbons (Fsp3) is 0.412. The largest absolute Gasteiger partial charge is 0.497 e. The number of amides is 2. The van der Waals surface area contributed by atoms with Gasteiger partial charge in [0.15, 0.2) is 0 Å². The van der Waals surface area contributed by atoms with E-state index in [9.17, 15) is 19.5 Å². The number of hydrogen-bond acceptors (Lipinski definition) is 6. The van der Waals surface area contributed by atoms with Gasteiger partial charge in [0, 0.05) is 42.6 Å². The molecule has 224 valence electrons. The van der Waals surface area contributed by atoms with Crippen LogP contribution in [0.15, 0.2) is 66.7 Å². The van der Waals surface area contributed by atoms with Crippen molar-refractivity contribution in [3.8, 4) is 22.8 Å². The average Bonchev–Trinajstić information content (AvgIpc) is 3.55. The van der Waals surface area contributed by atoms with Crippen LogP contribution in [0.4, 0.5) is 0 Å². The number of carboxylic acid groups (broad SMARTS) is 1. The van der Waals surface area contributed by atoms with Crippen LogP contribution in [0.2, 0.25) is 0 Å². The van der Waals surface area contributed by atoms with Crippen LogP contribution in [-0.2, 0) is 14.4 Å². The second-order valence-electron chi connectivity index (χ2n) is 11.9. The predicted octanol–water partition coefficient (Wildman–Crippen LogP) is 4.84. The van der Waals surface area contributed by atoms with Crippen LogP contribution in [0.3, 0.4) is 0 Å². The van der Waals surface area contributed by atoms with E-state index in [1.54, 1.807) is 19.1 Å². The number of ether oxygens (including phenoxy) is 2. The van der Waals surface area contributed by atoms with Crippen molar-refractivity contribution in [3.05, 3.63) is 66.7 Å². The van der Waals surface area contributed by atoms with Crippen molar-refractivity contribution in [1.29, 1.82) is 0 Å². The Kier molecular flexibility index (Phi) is 7.81. The minimum absolute atomic E-state index is 0.107. The van der Waals surface area contributed by atoms with Gasteiger partial charge in [-0.25, -0.2) is 9.78 Å². The molecule has 2 heterocycles. The van der Waals surface area contributed by atoms with Gasteiger partial charge in [-0.3, -0.25) is 9.59 Å². The van der Waals surface area contributed by atoms with Crippen molar-refractivity contribution in [2.24, 2.45) is 17.8 Å². The number of fused-ring (bicyclic) bond motifs is 3. The predicted molar refractivity (Wildman–Crippen MR) is 162 cm³/mol. The van der Waals surface area contributed by atoms with Crippen LogP contribution in [0, 0.1) is 17.8 Å². The summed E-state index contributed by atoms with van der Waals surface area (Å²) in [4.78, 5) is 46.3. The van der Waals surface area contributed by atoms with Crippen LogP contribution < -0.4 is 14.8 Å². The summed E-state index contributed by atoms with van der Waals surface area (Å²) in [5, 5.41) is 13.7. The Labute approximate surface area is 250 Å². The molecule has 9 heteroatoms. The van der Waals surface area contributed by atoms with Crippen LogP contribution in [-0.4, -0.2) is 65.1 Å². The SMILES string of the molecule is COc1ccc2c(O[C@@H]3C[C@H]4C(=O)N[C@]5(C(=O)O)C[C@H]5/C=C\CCCCN(C)C(=O)[C@@H]4C3)cc(-c3ccccc3)nc2c1. The third-order valence-corrected chi connectivity index (χ3v) is 9.12. The molecule has 0 unspecified atom stereocenters. The number of hydrogen-bond donors (Lipinski definition) is 2. The highest BCUT2D eigenvalue weighted by atomic mass is 16.5. The Morgan fingerprint density at radius 1 is 1.07 bits per heavy atom. The lowest BCUT2D eigenvalue weighted by Gasteiger charge is -2.26. The van der Waals surface area contributed by atoms with Crippen molar-refractivity contribution >= 4 is 28.7 Å². The fourth-order valence-corrected chi connectivity index (χ4v) is 6.53. The van der Waals surface area contributed by atoms with E-state index in [2.05, 4.69) is 5.32 Å². The number of aliphatic carboxylic acids is 1. The van der Waals surface area contributed by atoms with Crippen molar-refractivity contribution in [2.45, 2.75) is 50.2 Å². The molecule has 3 aliphatic rings. The maximum atomic E-state index is 13.7. The lowest BCUT2D eigenvalue weighted by molar-refractivity contribution is -0.145. The maximum Gasteiger partial charge on any atom is 0.330 e. The molecular weight excluding hydrogens is 546 g/mol. The number of benzene rings is 2. The molecule has 2 N–H and O–H groups in total. The van der Waals surface area contributed by atoms with Gasteiger partial charge in [0.2, 0.25) is 11.8 Å². The number of pyridine rings is 1. The molecule has 2 saturated carbocycles. The van der Waals surface area contributed by atoms with Crippen molar-refractivity contribution < 1.29 is 29.0 Å². The second-order valence-corrected chi connectivity index (χ2v) is 11.9. The van der Waals surface area contributed by atoms with Gasteiger partial charge in [0.25, 0.3) is 0 Å². The molecule has 0 bridgehead atoms. The van der Waals surface area contributed by atoms with E-state index in [-0.39, 0.29) is 11.8 Å². The molecule has 1 aliphatic heterocycles. The summed E-state index contributed by atoms with van der Waals surface area (Å²) in [6.07, 6.45) is 7.03. The Hall–Kier alpha value is -4.40. The van der Waals surface area contributed by atoms with Crippen LogP contribution in [0.1, 0.15) is 38.5 Å². The van der Waals surface area contributed by atoms with Gasteiger partial charge in [-0.1, -0.05) is 42.5 Å². The lowest BCUT2D eigenvalue weighted by atomic mass is 9.93. The minimum Gasteiger partial charge on any atom is -0.497 e. The molecule has 0 saturated heterocycles. The normalized spacial score (nSPS) is 28.3. The van der Waals surface area contributed by atoms with Gasteiger partial charge in [0.1, 0.15) is 23.1 Å². The van der Waals surface area contributed by atoms with E-state index in [0.717, 1.165) is 35.9 Å². The van der Waals surface area contributed by atoms with Crippen molar-refractivity contribution in [2.75, 3.05) is 20.7 Å². The summed E-state index contributed by atoms with van der Waals surface area (Å²) < 4.78 is 12.1. The number of methoxy groups -OCH3 is 1. The number of carboxylic acids is 1. The Balaban J connectivity index is 1.32. The average molecular weight is 584 g/mol. The first-order valence-corrected chi connectivity index (χ1v) is 15.0. The Bertz CT molecular complexity index is 1570. The molecular formula is C34H37N3O6. The monoisotopic (exact) mass is 583 g/mol. The molecule has 43 heavy (non-hydrogen) atoms. The zero-order valence-electron chi connectivity index (χ0n) is 24.5. The van der Waals surface area contributed by atoms with Gasteiger partial charge in [-0.05, 0) is 50.7 Å². The molecule has 2 aromatic carbocycles. The summed E-state index contributed by atoms with van der Waals surface area (Å²) in [7, 11) is 3.38. The smallest absolute Gasteiger partial charge is 0.330 e. The Morgan fingerprint density at radius 2 is 1.86 bits per heavy atom. The minimum atomic E-state index is -1.32. The number of rotatable bonds is 5. The number of nitrogens with zero attached hydrogens (tertiary/aromatic N) is 2. The molecule has 5 atom stereocenters. The van der Waals surface area contributed by atoms with Crippen LogP contribution >= 0.6 is 0 Å². The molecule has 0 spiro atoms. The summed E-state index contributed by atoms with van der Waals surface area (Å²) in [5.41, 5.74) is 1.05. The summed E-state index contributed by atoms with van der Waals surface area (Å²) in [5.74, 6) is -1.83. The van der Waals surface area contributed by atoms with Crippen LogP contribution in [0.5, 0.6) is 11.5 Å². The highest BCUT2D eigenvalue weighted by Crippen LogP contribution is 2.46. The topological polar surface area (TPSA) is 118 Å². The third-order valence-electron chi connectivity index (χ3n) is 9.12. The van der Waals surface area contributed by atoms with Gasteiger partial charge in [-0.2, -0.15) is 0 Å². The molecule has 1 aromatic heterocycles. The third kappa shape index (κ3) is 5.68. The number of carbonyl (C=O) groups is 3. The van der Waals surface area contributed by atoms with Gasteiger partial charge in [-0.15, -0.1) is 0 Å². The quantitative estimate of drug-likeness (QED) is 0.413. The van der Waals surface area contributed by atoms with Gasteiger partial charge < -0.3 is 24.8 Å². The molecule has 9 nitrogen and oxygen atoms in total. The van der Waals surface area contributed by atoms with Gasteiger partial charge >= 0.3 is 5.97 Å². The van der Waals surface area contributed by atoms with Crippen LogP contribution in [0.25, 0.3) is 22.2 Å². The van der Waals surface area contributed by atoms with E-state index < -0.39 is 35.4 Å². The number of allylic oxidation sites excluding steroid dienone is 1. The molecule has 2 aliphatic carbocycles. The first-order valence-electron chi connectivity index (χ1n) is 15.0. The Morgan fingerprint density at radius 3 is 2.63 bits per heavy atom. The molecule has 2 amide bonds. The maximum absolute atomic E-state index is 13.7. The van der Waals surface area contributed by atoms with E-state index >= 15 is 0 Å².